The molecule has 1 aliphatic heterocycles. The molecule has 2 aliphatic rings. The number of aryl methyl sites for hydroxylation is 2. The lowest BCUT2D eigenvalue weighted by Gasteiger charge is -2.14. The van der Waals surface area contributed by atoms with E-state index in [1.807, 2.05) is 6.07 Å². The number of hydrogen-bond donors (Lipinski definition) is 2. The van der Waals surface area contributed by atoms with Gasteiger partial charge in [0.05, 0.1) is 0 Å². The minimum atomic E-state index is -0.536. The minimum absolute atomic E-state index is 0.167. The molecule has 1 aliphatic carbocycles. The van der Waals surface area contributed by atoms with Gasteiger partial charge in [-0.1, -0.05) is 6.42 Å². The smallest absolute Gasteiger partial charge is 0.348 e. The maximum absolute atomic E-state index is 12.2. The molecule has 0 bridgehead atoms. The van der Waals surface area contributed by atoms with Gasteiger partial charge in [-0.25, -0.2) is 4.79 Å². The fourth-order valence-corrected chi connectivity index (χ4v) is 4.43. The molecule has 3 rings (SSSR count). The topological polar surface area (TPSA) is 84.5 Å². The summed E-state index contributed by atoms with van der Waals surface area (Å²) in [4.78, 5) is 37.8. The molecule has 1 atom stereocenters. The van der Waals surface area contributed by atoms with Crippen LogP contribution in [0.4, 0.5) is 0 Å². The summed E-state index contributed by atoms with van der Waals surface area (Å²) in [6.07, 6.45) is 7.98. The van der Waals surface area contributed by atoms with Gasteiger partial charge >= 0.3 is 5.97 Å². The number of fused-ring (bicyclic) bond motifs is 1. The Morgan fingerprint density at radius 1 is 1.20 bits per heavy atom. The highest BCUT2D eigenvalue weighted by atomic mass is 32.1. The zero-order valence-corrected chi connectivity index (χ0v) is 15.1. The predicted molar refractivity (Wildman–Crippen MR) is 94.7 cm³/mol. The van der Waals surface area contributed by atoms with Crippen molar-refractivity contribution in [2.45, 2.75) is 57.4 Å². The number of amides is 2. The second kappa shape index (κ2) is 8.47. The molecule has 0 spiro atoms. The van der Waals surface area contributed by atoms with E-state index in [9.17, 15) is 14.4 Å². The number of hydrogen-bond acceptors (Lipinski definition) is 5. The van der Waals surface area contributed by atoms with Crippen LogP contribution in [-0.2, 0) is 27.2 Å². The molecule has 1 unspecified atom stereocenters. The Labute approximate surface area is 151 Å². The third kappa shape index (κ3) is 4.81. The first-order valence-corrected chi connectivity index (χ1v) is 9.81. The highest BCUT2D eigenvalue weighted by Gasteiger charge is 2.23. The molecule has 2 heterocycles. The first-order chi connectivity index (χ1) is 12.1. The van der Waals surface area contributed by atoms with E-state index in [0.717, 1.165) is 38.5 Å². The summed E-state index contributed by atoms with van der Waals surface area (Å²) >= 11 is 1.48. The van der Waals surface area contributed by atoms with Crippen LogP contribution in [0.1, 0.15) is 58.6 Å². The van der Waals surface area contributed by atoms with E-state index >= 15 is 0 Å². The maximum atomic E-state index is 12.2. The van der Waals surface area contributed by atoms with Gasteiger partial charge in [-0.2, -0.15) is 0 Å². The summed E-state index contributed by atoms with van der Waals surface area (Å²) in [5.41, 5.74) is 1.24. The van der Waals surface area contributed by atoms with Gasteiger partial charge in [0.25, 0.3) is 5.91 Å². The third-order valence-electron chi connectivity index (χ3n) is 4.65. The SMILES string of the molecule is O=C(COC(=O)c1cc2c(s1)CCCCC2)NC1CCCCNC1=O. The number of thiophene rings is 1. The van der Waals surface area contributed by atoms with Gasteiger partial charge in [-0.15, -0.1) is 11.3 Å². The van der Waals surface area contributed by atoms with Crippen molar-refractivity contribution in [3.63, 3.8) is 0 Å². The molecule has 1 aromatic heterocycles. The van der Waals surface area contributed by atoms with E-state index < -0.39 is 17.9 Å². The van der Waals surface area contributed by atoms with Gasteiger partial charge in [-0.3, -0.25) is 9.59 Å². The number of esters is 1. The van der Waals surface area contributed by atoms with E-state index in [1.165, 1.54) is 28.2 Å². The van der Waals surface area contributed by atoms with Crippen LogP contribution in [0.3, 0.4) is 0 Å². The fourth-order valence-electron chi connectivity index (χ4n) is 3.28. The predicted octanol–water partition coefficient (Wildman–Crippen LogP) is 1.96. The van der Waals surface area contributed by atoms with Gasteiger partial charge in [0.2, 0.25) is 5.91 Å². The molecule has 2 N–H and O–H groups in total. The summed E-state index contributed by atoms with van der Waals surface area (Å²) < 4.78 is 5.13. The minimum Gasteiger partial charge on any atom is -0.451 e. The number of carbonyl (C=O) groups is 3. The van der Waals surface area contributed by atoms with E-state index in [1.54, 1.807) is 0 Å². The van der Waals surface area contributed by atoms with E-state index in [0.29, 0.717) is 17.8 Å². The molecule has 0 aromatic carbocycles. The molecule has 0 radical (unpaired) electrons. The van der Waals surface area contributed by atoms with Gasteiger partial charge in [0, 0.05) is 11.4 Å². The van der Waals surface area contributed by atoms with Gasteiger partial charge in [0.1, 0.15) is 10.9 Å². The van der Waals surface area contributed by atoms with Crippen molar-refractivity contribution in [2.24, 2.45) is 0 Å². The third-order valence-corrected chi connectivity index (χ3v) is 5.87. The van der Waals surface area contributed by atoms with Crippen LogP contribution >= 0.6 is 11.3 Å². The van der Waals surface area contributed by atoms with Crippen LogP contribution in [0.2, 0.25) is 0 Å². The Balaban J connectivity index is 1.50. The molecular weight excluding hydrogens is 340 g/mol. The van der Waals surface area contributed by atoms with Crippen LogP contribution in [0.5, 0.6) is 0 Å². The van der Waals surface area contributed by atoms with Crippen LogP contribution < -0.4 is 10.6 Å². The highest BCUT2D eigenvalue weighted by molar-refractivity contribution is 7.14. The van der Waals surface area contributed by atoms with Crippen molar-refractivity contribution in [3.05, 3.63) is 21.4 Å². The Morgan fingerprint density at radius 3 is 2.92 bits per heavy atom. The van der Waals surface area contributed by atoms with Crippen LogP contribution in [0.15, 0.2) is 6.07 Å². The molecule has 136 valence electrons. The summed E-state index contributed by atoms with van der Waals surface area (Å²) in [7, 11) is 0. The lowest BCUT2D eigenvalue weighted by molar-refractivity contribution is -0.130. The first-order valence-electron chi connectivity index (χ1n) is 8.99. The Morgan fingerprint density at radius 2 is 2.04 bits per heavy atom. The van der Waals surface area contributed by atoms with Crippen molar-refractivity contribution in [1.29, 1.82) is 0 Å². The van der Waals surface area contributed by atoms with E-state index in [2.05, 4.69) is 10.6 Å². The second-order valence-electron chi connectivity index (χ2n) is 6.60. The van der Waals surface area contributed by atoms with Crippen molar-refractivity contribution >= 4 is 29.1 Å². The summed E-state index contributed by atoms with van der Waals surface area (Å²) in [6.45, 7) is 0.286. The Kier molecular flexibility index (Phi) is 6.07. The summed E-state index contributed by atoms with van der Waals surface area (Å²) in [5, 5.41) is 5.41. The number of ether oxygens (including phenoxy) is 1. The highest BCUT2D eigenvalue weighted by Crippen LogP contribution is 2.29. The molecular formula is C18H24N2O4S. The molecule has 7 heteroatoms. The first kappa shape index (κ1) is 17.9. The average molecular weight is 364 g/mol. The summed E-state index contributed by atoms with van der Waals surface area (Å²) in [6, 6.07) is 1.37. The van der Waals surface area contributed by atoms with Gasteiger partial charge < -0.3 is 15.4 Å². The standard InChI is InChI=1S/C18H24N2O4S/c21-16(20-13-7-4-5-9-19-17(13)22)11-24-18(23)15-10-12-6-2-1-3-8-14(12)25-15/h10,13H,1-9,11H2,(H,19,22)(H,20,21). The maximum Gasteiger partial charge on any atom is 0.348 e. The molecule has 6 nitrogen and oxygen atoms in total. The van der Waals surface area contributed by atoms with Gasteiger partial charge in [0.15, 0.2) is 6.61 Å². The summed E-state index contributed by atoms with van der Waals surface area (Å²) in [5.74, 6) is -1.06. The molecule has 1 fully saturated rings. The number of rotatable bonds is 4. The van der Waals surface area contributed by atoms with Crippen molar-refractivity contribution in [3.8, 4) is 0 Å². The molecule has 25 heavy (non-hydrogen) atoms. The van der Waals surface area contributed by atoms with Crippen LogP contribution in [0, 0.1) is 0 Å². The molecule has 1 aromatic rings. The average Bonchev–Trinajstić information content (AvgIpc) is 2.74. The zero-order valence-electron chi connectivity index (χ0n) is 14.3. The van der Waals surface area contributed by atoms with Crippen molar-refractivity contribution in [2.75, 3.05) is 13.2 Å². The van der Waals surface area contributed by atoms with Crippen molar-refractivity contribution < 1.29 is 19.1 Å². The fraction of sp³-hybridized carbons (Fsp3) is 0.611. The van der Waals surface area contributed by atoms with Crippen LogP contribution in [0.25, 0.3) is 0 Å². The van der Waals surface area contributed by atoms with Crippen LogP contribution in [-0.4, -0.2) is 37.0 Å². The normalized spacial score (nSPS) is 20.6. The Hall–Kier alpha value is -1.89. The lowest BCUT2D eigenvalue weighted by atomic mass is 10.1. The monoisotopic (exact) mass is 364 g/mol. The number of nitrogens with one attached hydrogen (secondary N) is 2. The van der Waals surface area contributed by atoms with E-state index in [4.69, 9.17) is 4.74 Å². The lowest BCUT2D eigenvalue weighted by Crippen LogP contribution is -2.46. The van der Waals surface area contributed by atoms with E-state index in [-0.39, 0.29) is 12.5 Å². The largest absolute Gasteiger partial charge is 0.451 e. The molecule has 2 amide bonds. The quantitative estimate of drug-likeness (QED) is 0.632. The second-order valence-corrected chi connectivity index (χ2v) is 7.74. The zero-order chi connectivity index (χ0) is 17.6. The molecule has 1 saturated heterocycles. The van der Waals surface area contributed by atoms with Gasteiger partial charge in [-0.05, 0) is 56.6 Å². The Bertz CT molecular complexity index is 632. The number of carbonyl (C=O) groups excluding carboxylic acids is 3. The molecule has 0 saturated carbocycles. The van der Waals surface area contributed by atoms with Crippen molar-refractivity contribution in [1.82, 2.24) is 10.6 Å².